The van der Waals surface area contributed by atoms with Gasteiger partial charge in [0.05, 0.1) is 5.56 Å². The van der Waals surface area contributed by atoms with E-state index in [9.17, 15) is 4.79 Å². The first-order chi connectivity index (χ1) is 8.85. The van der Waals surface area contributed by atoms with Gasteiger partial charge in [-0.3, -0.25) is 5.10 Å². The van der Waals surface area contributed by atoms with Crippen molar-refractivity contribution in [1.82, 2.24) is 15.2 Å². The number of benzene rings is 1. The number of carbonyl (C=O) groups excluding carboxylic acids is 1. The highest BCUT2D eigenvalue weighted by molar-refractivity contribution is 5.90. The zero-order valence-corrected chi connectivity index (χ0v) is 11.1. The van der Waals surface area contributed by atoms with Gasteiger partial charge in [0, 0.05) is 5.56 Å². The third-order valence-corrected chi connectivity index (χ3v) is 2.30. The molecule has 19 heavy (non-hydrogen) atoms. The number of rotatable bonds is 2. The van der Waals surface area contributed by atoms with Crippen LogP contribution in [-0.2, 0) is 4.74 Å². The first kappa shape index (κ1) is 13.1. The second-order valence-corrected chi connectivity index (χ2v) is 5.12. The number of H-pyrrole nitrogens is 1. The second-order valence-electron chi connectivity index (χ2n) is 5.12. The number of nitrogen functional groups attached to an aromatic ring is 1. The lowest BCUT2D eigenvalue weighted by Gasteiger charge is -2.19. The number of anilines is 1. The molecule has 3 N–H and O–H groups in total. The summed E-state index contributed by atoms with van der Waals surface area (Å²) in [5, 5.41) is 6.46. The fourth-order valence-electron chi connectivity index (χ4n) is 1.51. The highest BCUT2D eigenvalue weighted by Gasteiger charge is 2.17. The van der Waals surface area contributed by atoms with Crippen LogP contribution in [0.1, 0.15) is 31.1 Å². The summed E-state index contributed by atoms with van der Waals surface area (Å²) in [7, 11) is 0. The summed E-state index contributed by atoms with van der Waals surface area (Å²) in [6.07, 6.45) is 0. The maximum Gasteiger partial charge on any atom is 0.338 e. The molecule has 0 saturated heterocycles. The Morgan fingerprint density at radius 1 is 1.26 bits per heavy atom. The van der Waals surface area contributed by atoms with Crippen molar-refractivity contribution in [3.8, 4) is 11.4 Å². The van der Waals surface area contributed by atoms with Crippen LogP contribution < -0.4 is 5.73 Å². The van der Waals surface area contributed by atoms with Crippen molar-refractivity contribution in [3.05, 3.63) is 29.8 Å². The van der Waals surface area contributed by atoms with E-state index in [1.54, 1.807) is 24.3 Å². The Morgan fingerprint density at radius 3 is 2.37 bits per heavy atom. The predicted molar refractivity (Wildman–Crippen MR) is 71.4 cm³/mol. The smallest absolute Gasteiger partial charge is 0.338 e. The average Bonchev–Trinajstić information content (AvgIpc) is 2.74. The Morgan fingerprint density at radius 2 is 1.89 bits per heavy atom. The molecule has 2 aromatic rings. The first-order valence-electron chi connectivity index (χ1n) is 5.87. The molecule has 0 fully saturated rings. The molecule has 0 aliphatic rings. The SMILES string of the molecule is CC(C)(C)OC(=O)c1ccc(-c2nc(N)n[nH]2)cc1. The van der Waals surface area contributed by atoms with E-state index >= 15 is 0 Å². The van der Waals surface area contributed by atoms with Crippen LogP contribution in [0.25, 0.3) is 11.4 Å². The molecular formula is C13H16N4O2. The summed E-state index contributed by atoms with van der Waals surface area (Å²) in [4.78, 5) is 15.8. The molecule has 2 rings (SSSR count). The molecule has 6 heteroatoms. The van der Waals surface area contributed by atoms with Crippen LogP contribution in [0.4, 0.5) is 5.95 Å². The maximum absolute atomic E-state index is 11.8. The summed E-state index contributed by atoms with van der Waals surface area (Å²) in [5.41, 5.74) is 6.23. The van der Waals surface area contributed by atoms with Gasteiger partial charge in [-0.25, -0.2) is 4.79 Å². The van der Waals surface area contributed by atoms with E-state index in [4.69, 9.17) is 10.5 Å². The second kappa shape index (κ2) is 4.72. The Labute approximate surface area is 111 Å². The lowest BCUT2D eigenvalue weighted by molar-refractivity contribution is 0.00696. The molecule has 0 bridgehead atoms. The van der Waals surface area contributed by atoms with Gasteiger partial charge in [-0.2, -0.15) is 4.98 Å². The minimum Gasteiger partial charge on any atom is -0.456 e. The molecule has 1 aromatic heterocycles. The fraction of sp³-hybridized carbons (Fsp3) is 0.308. The molecule has 1 heterocycles. The minimum absolute atomic E-state index is 0.186. The van der Waals surface area contributed by atoms with E-state index in [-0.39, 0.29) is 11.9 Å². The summed E-state index contributed by atoms with van der Waals surface area (Å²) in [6, 6.07) is 6.89. The van der Waals surface area contributed by atoms with E-state index in [1.807, 2.05) is 20.8 Å². The largest absolute Gasteiger partial charge is 0.456 e. The number of nitrogens with two attached hydrogens (primary N) is 1. The zero-order chi connectivity index (χ0) is 14.0. The summed E-state index contributed by atoms with van der Waals surface area (Å²) in [6.45, 7) is 5.49. The summed E-state index contributed by atoms with van der Waals surface area (Å²) in [5.74, 6) is 0.399. The Bertz CT molecular complexity index is 581. The third-order valence-electron chi connectivity index (χ3n) is 2.30. The van der Waals surface area contributed by atoms with Crippen molar-refractivity contribution in [1.29, 1.82) is 0 Å². The van der Waals surface area contributed by atoms with Crippen LogP contribution in [0.15, 0.2) is 24.3 Å². The molecule has 6 nitrogen and oxygen atoms in total. The number of aromatic nitrogens is 3. The number of hydrogen-bond acceptors (Lipinski definition) is 5. The lowest BCUT2D eigenvalue weighted by Crippen LogP contribution is -2.23. The van der Waals surface area contributed by atoms with Gasteiger partial charge >= 0.3 is 5.97 Å². The molecule has 0 spiro atoms. The van der Waals surface area contributed by atoms with Gasteiger partial charge in [-0.05, 0) is 32.9 Å². The molecule has 0 saturated carbocycles. The van der Waals surface area contributed by atoms with E-state index in [0.717, 1.165) is 5.56 Å². The van der Waals surface area contributed by atoms with E-state index in [1.165, 1.54) is 0 Å². The summed E-state index contributed by atoms with van der Waals surface area (Å²) < 4.78 is 5.28. The molecule has 1 aromatic carbocycles. The van der Waals surface area contributed by atoms with Gasteiger partial charge in [-0.1, -0.05) is 12.1 Å². The molecule has 100 valence electrons. The predicted octanol–water partition coefficient (Wildman–Crippen LogP) is 2.01. The molecule has 0 unspecified atom stereocenters. The van der Waals surface area contributed by atoms with Gasteiger partial charge < -0.3 is 10.5 Å². The van der Waals surface area contributed by atoms with Crippen molar-refractivity contribution in [2.45, 2.75) is 26.4 Å². The standard InChI is InChI=1S/C13H16N4O2/c1-13(2,3)19-11(18)9-6-4-8(5-7-9)10-15-12(14)17-16-10/h4-7H,1-3H3,(H3,14,15,16,17). The number of nitrogens with zero attached hydrogens (tertiary/aromatic N) is 2. The highest BCUT2D eigenvalue weighted by Crippen LogP contribution is 2.18. The number of carbonyl (C=O) groups is 1. The van der Waals surface area contributed by atoms with Crippen molar-refractivity contribution in [3.63, 3.8) is 0 Å². The molecule has 0 aliphatic heterocycles. The number of ether oxygens (including phenoxy) is 1. The Balaban J connectivity index is 2.17. The quantitative estimate of drug-likeness (QED) is 0.805. The van der Waals surface area contributed by atoms with Crippen LogP contribution in [0.2, 0.25) is 0 Å². The van der Waals surface area contributed by atoms with Crippen molar-refractivity contribution < 1.29 is 9.53 Å². The van der Waals surface area contributed by atoms with Gasteiger partial charge in [0.15, 0.2) is 5.82 Å². The Hall–Kier alpha value is -2.37. The third kappa shape index (κ3) is 3.31. The first-order valence-corrected chi connectivity index (χ1v) is 5.87. The minimum atomic E-state index is -0.505. The van der Waals surface area contributed by atoms with Crippen molar-refractivity contribution >= 4 is 11.9 Å². The lowest BCUT2D eigenvalue weighted by atomic mass is 10.1. The van der Waals surface area contributed by atoms with Crippen LogP contribution in [-0.4, -0.2) is 26.8 Å². The topological polar surface area (TPSA) is 93.9 Å². The summed E-state index contributed by atoms with van der Waals surface area (Å²) >= 11 is 0. The van der Waals surface area contributed by atoms with Crippen LogP contribution in [0, 0.1) is 0 Å². The van der Waals surface area contributed by atoms with E-state index in [0.29, 0.717) is 11.4 Å². The molecule has 0 aliphatic carbocycles. The van der Waals surface area contributed by atoms with Crippen molar-refractivity contribution in [2.24, 2.45) is 0 Å². The average molecular weight is 260 g/mol. The van der Waals surface area contributed by atoms with E-state index < -0.39 is 5.60 Å². The van der Waals surface area contributed by atoms with Gasteiger partial charge in [0.25, 0.3) is 0 Å². The van der Waals surface area contributed by atoms with E-state index in [2.05, 4.69) is 15.2 Å². The number of esters is 1. The normalized spacial score (nSPS) is 11.3. The maximum atomic E-state index is 11.8. The fourth-order valence-corrected chi connectivity index (χ4v) is 1.51. The highest BCUT2D eigenvalue weighted by atomic mass is 16.6. The number of hydrogen-bond donors (Lipinski definition) is 2. The van der Waals surface area contributed by atoms with Gasteiger partial charge in [0.1, 0.15) is 5.60 Å². The molecular weight excluding hydrogens is 244 g/mol. The number of nitrogens with one attached hydrogen (secondary N) is 1. The molecule has 0 atom stereocenters. The van der Waals surface area contributed by atoms with Gasteiger partial charge in [0.2, 0.25) is 5.95 Å². The number of aromatic amines is 1. The van der Waals surface area contributed by atoms with Gasteiger partial charge in [-0.15, -0.1) is 5.10 Å². The molecule has 0 amide bonds. The Kier molecular flexibility index (Phi) is 3.25. The van der Waals surface area contributed by atoms with Crippen LogP contribution >= 0.6 is 0 Å². The van der Waals surface area contributed by atoms with Crippen molar-refractivity contribution in [2.75, 3.05) is 5.73 Å². The van der Waals surface area contributed by atoms with Crippen LogP contribution in [0.5, 0.6) is 0 Å². The zero-order valence-electron chi connectivity index (χ0n) is 11.1. The molecule has 0 radical (unpaired) electrons. The monoisotopic (exact) mass is 260 g/mol. The van der Waals surface area contributed by atoms with Crippen LogP contribution in [0.3, 0.4) is 0 Å².